The van der Waals surface area contributed by atoms with Gasteiger partial charge in [0.2, 0.25) is 0 Å². The average molecular weight is 307 g/mol. The number of aryl methyl sites for hydroxylation is 2. The van der Waals surface area contributed by atoms with Crippen molar-refractivity contribution >= 4 is 16.8 Å². The Morgan fingerprint density at radius 1 is 1.38 bits per heavy atom. The lowest BCUT2D eigenvalue weighted by Crippen LogP contribution is -2.27. The number of carbonyl (C=O) groups excluding carboxylic acids is 1. The van der Waals surface area contributed by atoms with E-state index in [4.69, 9.17) is 16.3 Å². The summed E-state index contributed by atoms with van der Waals surface area (Å²) in [5, 5.41) is 3.47. The number of ether oxygens (including phenoxy) is 1. The summed E-state index contributed by atoms with van der Waals surface area (Å²) in [6, 6.07) is 7.01. The Morgan fingerprint density at radius 2 is 2.10 bits per heavy atom. The minimum absolute atomic E-state index is 0.0907. The van der Waals surface area contributed by atoms with Gasteiger partial charge in [-0.3, -0.25) is 9.59 Å². The molecule has 110 valence electrons. The molecule has 0 N–H and O–H groups in total. The van der Waals surface area contributed by atoms with E-state index < -0.39 is 10.8 Å². The van der Waals surface area contributed by atoms with Gasteiger partial charge in [-0.05, 0) is 43.6 Å². The molecule has 0 unspecified atom stereocenters. The highest BCUT2D eigenvalue weighted by atomic mass is 35.5. The third-order valence-electron chi connectivity index (χ3n) is 3.12. The summed E-state index contributed by atoms with van der Waals surface area (Å²) in [5.41, 5.74) is 1.61. The Balaban J connectivity index is 2.75. The number of hydrogen-bond donors (Lipinski definition) is 0. The molecule has 0 amide bonds. The van der Waals surface area contributed by atoms with Crippen LogP contribution in [0.3, 0.4) is 0 Å². The predicted molar refractivity (Wildman–Crippen MR) is 81.1 cm³/mol. The summed E-state index contributed by atoms with van der Waals surface area (Å²) in [6.07, 6.45) is 0. The summed E-state index contributed by atoms with van der Waals surface area (Å²) < 4.78 is 6.53. The molecule has 1 aromatic carbocycles. The Bertz CT molecular complexity index is 753. The molecule has 2 rings (SSSR count). The molecular formula is C15H15ClN2O3. The fourth-order valence-electron chi connectivity index (χ4n) is 2.05. The minimum atomic E-state index is -0.794. The maximum atomic E-state index is 12.0. The van der Waals surface area contributed by atoms with E-state index in [-0.39, 0.29) is 5.56 Å². The van der Waals surface area contributed by atoms with E-state index in [9.17, 15) is 9.59 Å². The van der Waals surface area contributed by atoms with Crippen LogP contribution >= 0.6 is 11.6 Å². The molecule has 21 heavy (non-hydrogen) atoms. The van der Waals surface area contributed by atoms with Crippen molar-refractivity contribution in [2.75, 3.05) is 7.11 Å². The Labute approximate surface area is 127 Å². The fourth-order valence-corrected chi connectivity index (χ4v) is 2.19. The molecule has 0 radical (unpaired) electrons. The zero-order valence-corrected chi connectivity index (χ0v) is 12.8. The molecule has 6 heteroatoms. The largest absolute Gasteiger partial charge is 0.496 e. The van der Waals surface area contributed by atoms with Gasteiger partial charge in [-0.25, -0.2) is 4.68 Å². The quantitative estimate of drug-likeness (QED) is 0.815. The lowest BCUT2D eigenvalue weighted by atomic mass is 10.1. The standard InChI is InChI=1S/C15H15ClN2O3/c1-4-18-15(20)11(14(16)19)8-12(17-18)10-7-9(2)5-6-13(10)21-3/h5-8H,4H2,1-3H3. The highest BCUT2D eigenvalue weighted by molar-refractivity contribution is 6.67. The molecule has 0 aliphatic rings. The third-order valence-corrected chi connectivity index (χ3v) is 3.32. The van der Waals surface area contributed by atoms with Crippen LogP contribution in [-0.4, -0.2) is 22.1 Å². The monoisotopic (exact) mass is 306 g/mol. The number of benzene rings is 1. The van der Waals surface area contributed by atoms with Gasteiger partial charge in [-0.2, -0.15) is 5.10 Å². The minimum Gasteiger partial charge on any atom is -0.496 e. The van der Waals surface area contributed by atoms with Crippen LogP contribution in [0.15, 0.2) is 29.1 Å². The molecule has 5 nitrogen and oxygen atoms in total. The highest BCUT2D eigenvalue weighted by Crippen LogP contribution is 2.29. The van der Waals surface area contributed by atoms with E-state index in [0.717, 1.165) is 5.56 Å². The number of nitrogens with zero attached hydrogens (tertiary/aromatic N) is 2. The van der Waals surface area contributed by atoms with E-state index in [0.29, 0.717) is 23.6 Å². The number of halogens is 1. The van der Waals surface area contributed by atoms with Crippen LogP contribution < -0.4 is 10.3 Å². The van der Waals surface area contributed by atoms with E-state index in [1.807, 2.05) is 25.1 Å². The van der Waals surface area contributed by atoms with Crippen LogP contribution in [0.2, 0.25) is 0 Å². The van der Waals surface area contributed by atoms with Gasteiger partial charge in [-0.15, -0.1) is 0 Å². The van der Waals surface area contributed by atoms with Crippen LogP contribution in [-0.2, 0) is 6.54 Å². The Morgan fingerprint density at radius 3 is 2.67 bits per heavy atom. The van der Waals surface area contributed by atoms with Gasteiger partial charge in [0.1, 0.15) is 11.3 Å². The van der Waals surface area contributed by atoms with Gasteiger partial charge in [-0.1, -0.05) is 11.6 Å². The first-order valence-corrected chi connectivity index (χ1v) is 6.82. The zero-order chi connectivity index (χ0) is 15.6. The zero-order valence-electron chi connectivity index (χ0n) is 12.0. The summed E-state index contributed by atoms with van der Waals surface area (Å²) >= 11 is 5.49. The molecule has 0 saturated carbocycles. The number of rotatable bonds is 4. The van der Waals surface area contributed by atoms with E-state index in [1.54, 1.807) is 14.0 Å². The second-order valence-corrected chi connectivity index (χ2v) is 4.88. The topological polar surface area (TPSA) is 61.2 Å². The van der Waals surface area contributed by atoms with E-state index in [1.165, 1.54) is 10.7 Å². The molecule has 0 atom stereocenters. The van der Waals surface area contributed by atoms with Crippen LogP contribution in [0, 0.1) is 6.92 Å². The third kappa shape index (κ3) is 2.97. The molecule has 1 aromatic heterocycles. The van der Waals surface area contributed by atoms with Gasteiger partial charge < -0.3 is 4.74 Å². The van der Waals surface area contributed by atoms with E-state index in [2.05, 4.69) is 5.10 Å². The van der Waals surface area contributed by atoms with Crippen molar-refractivity contribution in [3.05, 3.63) is 45.7 Å². The second-order valence-electron chi connectivity index (χ2n) is 4.54. The van der Waals surface area contributed by atoms with Crippen molar-refractivity contribution in [1.29, 1.82) is 0 Å². The summed E-state index contributed by atoms with van der Waals surface area (Å²) in [7, 11) is 1.55. The molecule has 0 fully saturated rings. The second kappa shape index (κ2) is 6.10. The first kappa shape index (κ1) is 15.3. The van der Waals surface area contributed by atoms with Gasteiger partial charge in [0.05, 0.1) is 12.8 Å². The van der Waals surface area contributed by atoms with Crippen molar-refractivity contribution in [2.24, 2.45) is 0 Å². The smallest absolute Gasteiger partial charge is 0.278 e. The SMILES string of the molecule is CCn1nc(-c2cc(C)ccc2OC)cc(C(=O)Cl)c1=O. The first-order chi connectivity index (χ1) is 9.97. The van der Waals surface area contributed by atoms with Gasteiger partial charge >= 0.3 is 0 Å². The maximum Gasteiger partial charge on any atom is 0.278 e. The van der Waals surface area contributed by atoms with Crippen molar-refractivity contribution in [2.45, 2.75) is 20.4 Å². The lowest BCUT2D eigenvalue weighted by molar-refractivity contribution is 0.107. The van der Waals surface area contributed by atoms with Crippen LogP contribution in [0.1, 0.15) is 22.8 Å². The molecule has 1 heterocycles. The number of hydrogen-bond acceptors (Lipinski definition) is 4. The van der Waals surface area contributed by atoms with E-state index >= 15 is 0 Å². The normalized spacial score (nSPS) is 10.5. The molecule has 0 aliphatic carbocycles. The Kier molecular flexibility index (Phi) is 4.43. The van der Waals surface area contributed by atoms with Crippen molar-refractivity contribution in [3.63, 3.8) is 0 Å². The van der Waals surface area contributed by atoms with Crippen LogP contribution in [0.25, 0.3) is 11.3 Å². The molecule has 0 spiro atoms. The maximum absolute atomic E-state index is 12.0. The summed E-state index contributed by atoms with van der Waals surface area (Å²) in [4.78, 5) is 23.4. The molecular weight excluding hydrogens is 292 g/mol. The number of methoxy groups -OCH3 is 1. The number of carbonyl (C=O) groups is 1. The molecule has 0 saturated heterocycles. The van der Waals surface area contributed by atoms with Gasteiger partial charge in [0.25, 0.3) is 10.8 Å². The molecule has 0 aliphatic heterocycles. The first-order valence-electron chi connectivity index (χ1n) is 6.45. The highest BCUT2D eigenvalue weighted by Gasteiger charge is 2.16. The van der Waals surface area contributed by atoms with Gasteiger partial charge in [0.15, 0.2) is 0 Å². The molecule has 2 aromatic rings. The summed E-state index contributed by atoms with van der Waals surface area (Å²) in [5.74, 6) is 0.613. The predicted octanol–water partition coefficient (Wildman–Crippen LogP) is 2.63. The summed E-state index contributed by atoms with van der Waals surface area (Å²) in [6.45, 7) is 4.05. The Hall–Kier alpha value is -2.14. The fraction of sp³-hybridized carbons (Fsp3) is 0.267. The van der Waals surface area contributed by atoms with Crippen LogP contribution in [0.5, 0.6) is 5.75 Å². The number of aromatic nitrogens is 2. The van der Waals surface area contributed by atoms with Crippen molar-refractivity contribution in [3.8, 4) is 17.0 Å². The van der Waals surface area contributed by atoms with Crippen molar-refractivity contribution in [1.82, 2.24) is 9.78 Å². The average Bonchev–Trinajstić information content (AvgIpc) is 2.47. The molecule has 0 bridgehead atoms. The van der Waals surface area contributed by atoms with Gasteiger partial charge in [0, 0.05) is 12.1 Å². The lowest BCUT2D eigenvalue weighted by Gasteiger charge is -2.11. The van der Waals surface area contributed by atoms with Crippen molar-refractivity contribution < 1.29 is 9.53 Å². The van der Waals surface area contributed by atoms with Crippen LogP contribution in [0.4, 0.5) is 0 Å².